The maximum Gasteiger partial charge on any atom is 0.260 e. The number of ether oxygens (including phenoxy) is 3. The van der Waals surface area contributed by atoms with Crippen LogP contribution in [0.2, 0.25) is 0 Å². The molecule has 0 atom stereocenters. The van der Waals surface area contributed by atoms with Crippen LogP contribution in [0.15, 0.2) is 41.3 Å². The molecule has 2 amide bonds. The van der Waals surface area contributed by atoms with Crippen molar-refractivity contribution in [2.75, 3.05) is 33.0 Å². The number of carbonyl (C=O) groups excluding carboxylic acids is 2. The number of carbonyl (C=O) groups is 2. The second kappa shape index (κ2) is 9.90. The summed E-state index contributed by atoms with van der Waals surface area (Å²) in [5.41, 5.74) is 6.25. The third kappa shape index (κ3) is 4.95. The number of hydrogen-bond acceptors (Lipinski definition) is 7. The van der Waals surface area contributed by atoms with Crippen LogP contribution in [0.5, 0.6) is 17.2 Å². The first-order valence-electron chi connectivity index (χ1n) is 11.0. The SMILES string of the molecule is CCN(Cc1ccc2c(c1)OCO2)C(=O)COc1ccc(S(=O)(=O)N2CCCC2)cc1C(N)=O. The lowest BCUT2D eigenvalue weighted by Gasteiger charge is -2.22. The number of rotatable bonds is 9. The summed E-state index contributed by atoms with van der Waals surface area (Å²) >= 11 is 0. The molecule has 0 bridgehead atoms. The van der Waals surface area contributed by atoms with E-state index in [2.05, 4.69) is 0 Å². The highest BCUT2D eigenvalue weighted by atomic mass is 32.2. The highest BCUT2D eigenvalue weighted by molar-refractivity contribution is 7.89. The molecule has 0 aromatic heterocycles. The smallest absolute Gasteiger partial charge is 0.260 e. The fourth-order valence-electron chi connectivity index (χ4n) is 3.93. The number of primary amides is 1. The van der Waals surface area contributed by atoms with Crippen LogP contribution >= 0.6 is 0 Å². The lowest BCUT2D eigenvalue weighted by atomic mass is 10.2. The van der Waals surface area contributed by atoms with E-state index in [1.807, 2.05) is 19.1 Å². The standard InChI is InChI=1S/C23H27N3O7S/c1-2-25(13-16-5-7-20-21(11-16)33-15-32-20)22(27)14-31-19-8-6-17(12-18(19)23(24)28)34(29,30)26-9-3-4-10-26/h5-8,11-12H,2-4,9-10,13-15H2,1H3,(H2,24,28). The van der Waals surface area contributed by atoms with Crippen molar-refractivity contribution in [3.8, 4) is 17.2 Å². The average Bonchev–Trinajstić information content (AvgIpc) is 3.53. The van der Waals surface area contributed by atoms with Crippen molar-refractivity contribution in [3.63, 3.8) is 0 Å². The van der Waals surface area contributed by atoms with Crippen LogP contribution in [-0.4, -0.2) is 62.5 Å². The minimum absolute atomic E-state index is 0.0279. The maximum atomic E-state index is 12.8. The number of benzene rings is 2. The molecule has 2 aromatic carbocycles. The van der Waals surface area contributed by atoms with Gasteiger partial charge in [0.2, 0.25) is 16.8 Å². The molecular formula is C23H27N3O7S. The molecular weight excluding hydrogens is 462 g/mol. The van der Waals surface area contributed by atoms with Crippen molar-refractivity contribution < 1.29 is 32.2 Å². The molecule has 2 aliphatic heterocycles. The summed E-state index contributed by atoms with van der Waals surface area (Å²) < 4.78 is 43.3. The quantitative estimate of drug-likeness (QED) is 0.568. The summed E-state index contributed by atoms with van der Waals surface area (Å²) in [6.45, 7) is 3.34. The Labute approximate surface area is 198 Å². The van der Waals surface area contributed by atoms with E-state index in [4.69, 9.17) is 19.9 Å². The van der Waals surface area contributed by atoms with Gasteiger partial charge in [-0.3, -0.25) is 9.59 Å². The molecule has 0 unspecified atom stereocenters. The van der Waals surface area contributed by atoms with Gasteiger partial charge in [-0.25, -0.2) is 8.42 Å². The van der Waals surface area contributed by atoms with Gasteiger partial charge in [-0.15, -0.1) is 0 Å². The third-order valence-electron chi connectivity index (χ3n) is 5.82. The van der Waals surface area contributed by atoms with E-state index >= 15 is 0 Å². The number of nitrogens with zero attached hydrogens (tertiary/aromatic N) is 2. The zero-order chi connectivity index (χ0) is 24.3. The molecule has 182 valence electrons. The summed E-state index contributed by atoms with van der Waals surface area (Å²) in [4.78, 5) is 26.4. The summed E-state index contributed by atoms with van der Waals surface area (Å²) in [7, 11) is -3.72. The number of amides is 2. The molecule has 0 aliphatic carbocycles. The Morgan fingerprint density at radius 1 is 1.09 bits per heavy atom. The summed E-state index contributed by atoms with van der Waals surface area (Å²) in [6, 6.07) is 9.41. The van der Waals surface area contributed by atoms with E-state index in [1.54, 1.807) is 11.0 Å². The highest BCUT2D eigenvalue weighted by Crippen LogP contribution is 2.33. The minimum Gasteiger partial charge on any atom is -0.483 e. The Hall–Kier alpha value is -3.31. The predicted octanol–water partition coefficient (Wildman–Crippen LogP) is 1.73. The average molecular weight is 490 g/mol. The van der Waals surface area contributed by atoms with Crippen LogP contribution in [0.4, 0.5) is 0 Å². The fraction of sp³-hybridized carbons (Fsp3) is 0.391. The van der Waals surface area contributed by atoms with E-state index in [-0.39, 0.29) is 35.5 Å². The normalized spacial score (nSPS) is 15.3. The molecule has 10 nitrogen and oxygen atoms in total. The van der Waals surface area contributed by atoms with Gasteiger partial charge in [0.1, 0.15) is 5.75 Å². The van der Waals surface area contributed by atoms with Gasteiger partial charge >= 0.3 is 0 Å². The minimum atomic E-state index is -3.72. The van der Waals surface area contributed by atoms with Crippen LogP contribution < -0.4 is 19.9 Å². The molecule has 2 N–H and O–H groups in total. The van der Waals surface area contributed by atoms with Gasteiger partial charge in [-0.1, -0.05) is 6.07 Å². The van der Waals surface area contributed by atoms with Crippen LogP contribution in [0.1, 0.15) is 35.7 Å². The summed E-state index contributed by atoms with van der Waals surface area (Å²) in [6.07, 6.45) is 1.59. The Balaban J connectivity index is 1.45. The van der Waals surface area contributed by atoms with Crippen molar-refractivity contribution in [2.24, 2.45) is 5.73 Å². The van der Waals surface area contributed by atoms with Crippen molar-refractivity contribution in [1.29, 1.82) is 0 Å². The molecule has 2 aromatic rings. The number of likely N-dealkylation sites (N-methyl/N-ethyl adjacent to an activating group) is 1. The van der Waals surface area contributed by atoms with E-state index in [0.717, 1.165) is 18.4 Å². The van der Waals surface area contributed by atoms with Crippen LogP contribution in [0, 0.1) is 0 Å². The van der Waals surface area contributed by atoms with Gasteiger partial charge in [0, 0.05) is 26.2 Å². The predicted molar refractivity (Wildman–Crippen MR) is 122 cm³/mol. The second-order valence-electron chi connectivity index (χ2n) is 8.02. The molecule has 0 spiro atoms. The lowest BCUT2D eigenvalue weighted by molar-refractivity contribution is -0.133. The third-order valence-corrected chi connectivity index (χ3v) is 7.71. The van der Waals surface area contributed by atoms with Crippen LogP contribution in [0.3, 0.4) is 0 Å². The number of nitrogens with two attached hydrogens (primary N) is 1. The van der Waals surface area contributed by atoms with Crippen LogP contribution in [0.25, 0.3) is 0 Å². The number of fused-ring (bicyclic) bond motifs is 1. The molecule has 2 heterocycles. The van der Waals surface area contributed by atoms with Crippen LogP contribution in [-0.2, 0) is 21.4 Å². The Morgan fingerprint density at radius 3 is 2.53 bits per heavy atom. The Kier molecular flexibility index (Phi) is 6.94. The van der Waals surface area contributed by atoms with Gasteiger partial charge in [0.15, 0.2) is 18.1 Å². The van der Waals surface area contributed by atoms with Gasteiger partial charge in [0.25, 0.3) is 11.8 Å². The maximum absolute atomic E-state index is 12.8. The molecule has 34 heavy (non-hydrogen) atoms. The van der Waals surface area contributed by atoms with E-state index in [9.17, 15) is 18.0 Å². The lowest BCUT2D eigenvalue weighted by Crippen LogP contribution is -2.34. The highest BCUT2D eigenvalue weighted by Gasteiger charge is 2.28. The van der Waals surface area contributed by atoms with Crippen molar-refractivity contribution in [3.05, 3.63) is 47.5 Å². The fourth-order valence-corrected chi connectivity index (χ4v) is 5.48. The summed E-state index contributed by atoms with van der Waals surface area (Å²) in [5, 5.41) is 0. The van der Waals surface area contributed by atoms with E-state index in [1.165, 1.54) is 22.5 Å². The summed E-state index contributed by atoms with van der Waals surface area (Å²) in [5.74, 6) is 0.210. The second-order valence-corrected chi connectivity index (χ2v) is 9.96. The monoisotopic (exact) mass is 489 g/mol. The molecule has 1 fully saturated rings. The Morgan fingerprint density at radius 2 is 1.82 bits per heavy atom. The van der Waals surface area contributed by atoms with E-state index in [0.29, 0.717) is 37.7 Å². The molecule has 0 saturated carbocycles. The van der Waals surface area contributed by atoms with Gasteiger partial charge in [-0.2, -0.15) is 4.31 Å². The molecule has 2 aliphatic rings. The first-order valence-corrected chi connectivity index (χ1v) is 12.5. The number of hydrogen-bond donors (Lipinski definition) is 1. The zero-order valence-corrected chi connectivity index (χ0v) is 19.7. The van der Waals surface area contributed by atoms with Crippen molar-refractivity contribution in [2.45, 2.75) is 31.2 Å². The van der Waals surface area contributed by atoms with Gasteiger partial charge in [-0.05, 0) is 55.7 Å². The zero-order valence-electron chi connectivity index (χ0n) is 18.9. The van der Waals surface area contributed by atoms with Gasteiger partial charge < -0.3 is 24.8 Å². The van der Waals surface area contributed by atoms with Gasteiger partial charge in [0.05, 0.1) is 10.5 Å². The Bertz CT molecular complexity index is 1190. The topological polar surface area (TPSA) is 128 Å². The first-order chi connectivity index (χ1) is 16.3. The molecule has 4 rings (SSSR count). The molecule has 1 saturated heterocycles. The molecule has 11 heteroatoms. The molecule has 0 radical (unpaired) electrons. The van der Waals surface area contributed by atoms with E-state index < -0.39 is 15.9 Å². The van der Waals surface area contributed by atoms with Crippen molar-refractivity contribution in [1.82, 2.24) is 9.21 Å². The number of sulfonamides is 1. The van der Waals surface area contributed by atoms with Crippen molar-refractivity contribution >= 4 is 21.8 Å². The first kappa shape index (κ1) is 23.8. The largest absolute Gasteiger partial charge is 0.483 e.